The summed E-state index contributed by atoms with van der Waals surface area (Å²) in [6, 6.07) is 2.30. The van der Waals surface area contributed by atoms with Crippen molar-refractivity contribution in [3.8, 4) is 0 Å². The molecule has 1 aromatic rings. The van der Waals surface area contributed by atoms with E-state index in [-0.39, 0.29) is 5.78 Å². The van der Waals surface area contributed by atoms with Crippen LogP contribution in [0.4, 0.5) is 0 Å². The maximum absolute atomic E-state index is 11.6. The molecular formula is C11H19N3O. The first-order chi connectivity index (χ1) is 6.99. The molecule has 15 heavy (non-hydrogen) atoms. The van der Waals surface area contributed by atoms with Crippen LogP contribution in [0.3, 0.4) is 0 Å². The van der Waals surface area contributed by atoms with Crippen molar-refractivity contribution in [2.45, 2.75) is 33.2 Å². The van der Waals surface area contributed by atoms with Crippen molar-refractivity contribution in [1.82, 2.24) is 15.1 Å². The van der Waals surface area contributed by atoms with E-state index in [2.05, 4.69) is 10.4 Å². The third-order valence-electron chi connectivity index (χ3n) is 2.18. The van der Waals surface area contributed by atoms with Crippen LogP contribution in [0.15, 0.2) is 6.07 Å². The molecule has 4 heteroatoms. The fourth-order valence-corrected chi connectivity index (χ4v) is 1.41. The molecule has 0 aliphatic carbocycles. The minimum absolute atomic E-state index is 0.201. The Morgan fingerprint density at radius 3 is 2.73 bits per heavy atom. The van der Waals surface area contributed by atoms with Crippen LogP contribution in [0, 0.1) is 6.92 Å². The summed E-state index contributed by atoms with van der Waals surface area (Å²) < 4.78 is 1.77. The number of aromatic nitrogens is 2. The highest BCUT2D eigenvalue weighted by Crippen LogP contribution is 2.02. The van der Waals surface area contributed by atoms with Crippen LogP contribution in [0.5, 0.6) is 0 Å². The fourth-order valence-electron chi connectivity index (χ4n) is 1.41. The van der Waals surface area contributed by atoms with Crippen LogP contribution in [0.1, 0.15) is 25.2 Å². The summed E-state index contributed by atoms with van der Waals surface area (Å²) in [5.41, 5.74) is 1.93. The second-order valence-corrected chi connectivity index (χ2v) is 4.15. The summed E-state index contributed by atoms with van der Waals surface area (Å²) in [4.78, 5) is 11.6. The lowest BCUT2D eigenvalue weighted by Gasteiger charge is -2.06. The van der Waals surface area contributed by atoms with Crippen molar-refractivity contribution in [2.24, 2.45) is 7.05 Å². The minimum Gasteiger partial charge on any atom is -0.308 e. The largest absolute Gasteiger partial charge is 0.308 e. The zero-order chi connectivity index (χ0) is 11.4. The van der Waals surface area contributed by atoms with E-state index in [1.165, 1.54) is 0 Å². The molecule has 0 spiro atoms. The molecule has 1 rings (SSSR count). The molecule has 1 aromatic heterocycles. The number of hydrogen-bond donors (Lipinski definition) is 1. The van der Waals surface area contributed by atoms with E-state index in [0.29, 0.717) is 19.0 Å². The van der Waals surface area contributed by atoms with Gasteiger partial charge in [0, 0.05) is 25.2 Å². The molecule has 0 aromatic carbocycles. The lowest BCUT2D eigenvalue weighted by molar-refractivity contribution is -0.117. The van der Waals surface area contributed by atoms with Crippen molar-refractivity contribution in [2.75, 3.05) is 6.54 Å². The minimum atomic E-state index is 0.201. The Bertz CT molecular complexity index is 342. The Morgan fingerprint density at radius 1 is 1.60 bits per heavy atom. The first kappa shape index (κ1) is 11.9. The average Bonchev–Trinajstić information content (AvgIpc) is 2.42. The molecule has 0 aliphatic heterocycles. The van der Waals surface area contributed by atoms with Crippen LogP contribution in [0.25, 0.3) is 0 Å². The Kier molecular flexibility index (Phi) is 4.03. The van der Waals surface area contributed by atoms with Crippen LogP contribution in [0.2, 0.25) is 0 Å². The smallest absolute Gasteiger partial charge is 0.152 e. The normalized spacial score (nSPS) is 11.0. The fraction of sp³-hybridized carbons (Fsp3) is 0.636. The number of rotatable bonds is 5. The summed E-state index contributed by atoms with van der Waals surface area (Å²) in [6.45, 7) is 6.42. The number of carbonyl (C=O) groups is 1. The summed E-state index contributed by atoms with van der Waals surface area (Å²) in [7, 11) is 1.87. The molecule has 0 saturated heterocycles. The number of carbonyl (C=O) groups excluding carboxylic acids is 1. The van der Waals surface area contributed by atoms with Gasteiger partial charge in [-0.1, -0.05) is 13.8 Å². The Hall–Kier alpha value is -1.16. The van der Waals surface area contributed by atoms with Crippen molar-refractivity contribution < 1.29 is 4.79 Å². The molecule has 84 valence electrons. The van der Waals surface area contributed by atoms with Gasteiger partial charge in [0.1, 0.15) is 0 Å². The van der Waals surface area contributed by atoms with E-state index in [9.17, 15) is 4.79 Å². The summed E-state index contributed by atoms with van der Waals surface area (Å²) >= 11 is 0. The third kappa shape index (κ3) is 3.83. The monoisotopic (exact) mass is 209 g/mol. The summed E-state index contributed by atoms with van der Waals surface area (Å²) in [5.74, 6) is 0.201. The number of nitrogens with one attached hydrogen (secondary N) is 1. The lowest BCUT2D eigenvalue weighted by atomic mass is 10.2. The predicted molar refractivity (Wildman–Crippen MR) is 59.8 cm³/mol. The van der Waals surface area contributed by atoms with Gasteiger partial charge in [-0.15, -0.1) is 0 Å². The summed E-state index contributed by atoms with van der Waals surface area (Å²) in [5, 5.41) is 7.32. The highest BCUT2D eigenvalue weighted by molar-refractivity contribution is 5.82. The molecule has 1 N–H and O–H groups in total. The SMILES string of the molecule is Cc1cc(CC(=O)CNC(C)C)n(C)n1. The number of aryl methyl sites for hydroxylation is 2. The van der Waals surface area contributed by atoms with E-state index in [0.717, 1.165) is 11.4 Å². The molecule has 1 heterocycles. The van der Waals surface area contributed by atoms with Gasteiger partial charge < -0.3 is 5.32 Å². The molecule has 0 aliphatic rings. The van der Waals surface area contributed by atoms with E-state index in [4.69, 9.17) is 0 Å². The predicted octanol–water partition coefficient (Wildman–Crippen LogP) is 0.838. The van der Waals surface area contributed by atoms with Crippen molar-refractivity contribution in [3.05, 3.63) is 17.5 Å². The number of Topliss-reactive ketones (excluding diaryl/α,β-unsaturated/α-hetero) is 1. The molecule has 0 amide bonds. The number of ketones is 1. The maximum Gasteiger partial charge on any atom is 0.152 e. The first-order valence-corrected chi connectivity index (χ1v) is 5.23. The van der Waals surface area contributed by atoms with Gasteiger partial charge >= 0.3 is 0 Å². The van der Waals surface area contributed by atoms with Crippen molar-refractivity contribution >= 4 is 5.78 Å². The third-order valence-corrected chi connectivity index (χ3v) is 2.18. The quantitative estimate of drug-likeness (QED) is 0.781. The molecule has 0 bridgehead atoms. The molecule has 0 unspecified atom stereocenters. The molecule has 0 atom stereocenters. The van der Waals surface area contributed by atoms with E-state index >= 15 is 0 Å². The maximum atomic E-state index is 11.6. The Labute approximate surface area is 90.7 Å². The average molecular weight is 209 g/mol. The second-order valence-electron chi connectivity index (χ2n) is 4.15. The highest BCUT2D eigenvalue weighted by atomic mass is 16.1. The van der Waals surface area contributed by atoms with Crippen LogP contribution in [-0.2, 0) is 18.3 Å². The van der Waals surface area contributed by atoms with Gasteiger partial charge in [-0.05, 0) is 13.0 Å². The zero-order valence-corrected chi connectivity index (χ0v) is 9.87. The first-order valence-electron chi connectivity index (χ1n) is 5.23. The van der Waals surface area contributed by atoms with Gasteiger partial charge in [0.15, 0.2) is 5.78 Å². The number of hydrogen-bond acceptors (Lipinski definition) is 3. The molecule has 0 fully saturated rings. The second kappa shape index (κ2) is 5.07. The topological polar surface area (TPSA) is 46.9 Å². The van der Waals surface area contributed by atoms with E-state index in [1.807, 2.05) is 33.9 Å². The molecule has 0 saturated carbocycles. The molecule has 4 nitrogen and oxygen atoms in total. The highest BCUT2D eigenvalue weighted by Gasteiger charge is 2.08. The Morgan fingerprint density at radius 2 is 2.27 bits per heavy atom. The molecular weight excluding hydrogens is 190 g/mol. The Balaban J connectivity index is 2.48. The lowest BCUT2D eigenvalue weighted by Crippen LogP contribution is -2.30. The van der Waals surface area contributed by atoms with E-state index in [1.54, 1.807) is 4.68 Å². The van der Waals surface area contributed by atoms with Gasteiger partial charge in [0.25, 0.3) is 0 Å². The van der Waals surface area contributed by atoms with Crippen molar-refractivity contribution in [3.63, 3.8) is 0 Å². The number of nitrogens with zero attached hydrogens (tertiary/aromatic N) is 2. The van der Waals surface area contributed by atoms with Crippen LogP contribution < -0.4 is 5.32 Å². The summed E-state index contributed by atoms with van der Waals surface area (Å²) in [6.07, 6.45) is 0.455. The van der Waals surface area contributed by atoms with E-state index < -0.39 is 0 Å². The van der Waals surface area contributed by atoms with Gasteiger partial charge in [-0.3, -0.25) is 9.48 Å². The van der Waals surface area contributed by atoms with Crippen LogP contribution in [-0.4, -0.2) is 28.2 Å². The zero-order valence-electron chi connectivity index (χ0n) is 9.87. The molecule has 0 radical (unpaired) electrons. The van der Waals surface area contributed by atoms with Gasteiger partial charge in [0.05, 0.1) is 12.2 Å². The van der Waals surface area contributed by atoms with Gasteiger partial charge in [-0.25, -0.2) is 0 Å². The van der Waals surface area contributed by atoms with Gasteiger partial charge in [0.2, 0.25) is 0 Å². The standard InChI is InChI=1S/C11H19N3O/c1-8(2)12-7-11(15)6-10-5-9(3)13-14(10)4/h5,8,12H,6-7H2,1-4H3. The van der Waals surface area contributed by atoms with Crippen LogP contribution >= 0.6 is 0 Å². The van der Waals surface area contributed by atoms with Gasteiger partial charge in [-0.2, -0.15) is 5.10 Å². The van der Waals surface area contributed by atoms with Crippen molar-refractivity contribution in [1.29, 1.82) is 0 Å².